The second kappa shape index (κ2) is 7.25. The third-order valence-electron chi connectivity index (χ3n) is 10.9. The van der Waals surface area contributed by atoms with Gasteiger partial charge in [0.15, 0.2) is 0 Å². The molecule has 0 radical (unpaired) electrons. The lowest BCUT2D eigenvalue weighted by atomic mass is 9.55. The Labute approximate surface area is 231 Å². The highest BCUT2D eigenvalue weighted by molar-refractivity contribution is 6.26. The molecule has 2 aliphatic heterocycles. The molecule has 7 aliphatic rings. The number of fused-ring (bicyclic) bond motifs is 5. The summed E-state index contributed by atoms with van der Waals surface area (Å²) in [6.07, 6.45) is 5.01. The van der Waals surface area contributed by atoms with E-state index in [4.69, 9.17) is 0 Å². The van der Waals surface area contributed by atoms with E-state index in [2.05, 4.69) is 36.4 Å². The van der Waals surface area contributed by atoms with Crippen LogP contribution in [0.4, 0.5) is 11.4 Å². The summed E-state index contributed by atoms with van der Waals surface area (Å²) in [6.45, 7) is 1.92. The summed E-state index contributed by atoms with van der Waals surface area (Å²) in [6, 6.07) is 23.2. The Morgan fingerprint density at radius 2 is 1.18 bits per heavy atom. The van der Waals surface area contributed by atoms with E-state index in [0.717, 1.165) is 28.7 Å². The molecule has 1 saturated carbocycles. The highest BCUT2D eigenvalue weighted by atomic mass is 16.2. The van der Waals surface area contributed by atoms with Crippen LogP contribution in [0.25, 0.3) is 0 Å². The zero-order valence-corrected chi connectivity index (χ0v) is 21.9. The van der Waals surface area contributed by atoms with Crippen LogP contribution in [-0.4, -0.2) is 23.6 Å². The highest BCUT2D eigenvalue weighted by Gasteiger charge is 2.67. The van der Waals surface area contributed by atoms with Gasteiger partial charge in [-0.05, 0) is 65.6 Å². The number of nitrogens with zero attached hydrogens (tertiary/aromatic N) is 2. The van der Waals surface area contributed by atoms with E-state index >= 15 is 0 Å². The van der Waals surface area contributed by atoms with E-state index < -0.39 is 17.3 Å². The lowest BCUT2D eigenvalue weighted by Gasteiger charge is -2.45. The van der Waals surface area contributed by atoms with Gasteiger partial charge in [-0.2, -0.15) is 0 Å². The number of allylic oxidation sites excluding steroid dienone is 2. The molecule has 10 rings (SSSR count). The molecule has 4 amide bonds. The van der Waals surface area contributed by atoms with Crippen molar-refractivity contribution >= 4 is 35.0 Å². The van der Waals surface area contributed by atoms with Crippen molar-refractivity contribution in [3.63, 3.8) is 0 Å². The second-order valence-electron chi connectivity index (χ2n) is 12.4. The first-order chi connectivity index (χ1) is 19.4. The van der Waals surface area contributed by atoms with Crippen LogP contribution in [0.1, 0.15) is 47.4 Å². The Balaban J connectivity index is 1.12. The van der Waals surface area contributed by atoms with Crippen LogP contribution in [0.5, 0.6) is 0 Å². The molecule has 40 heavy (non-hydrogen) atoms. The van der Waals surface area contributed by atoms with Crippen molar-refractivity contribution < 1.29 is 19.2 Å². The minimum atomic E-state index is -0.739. The van der Waals surface area contributed by atoms with Gasteiger partial charge in [-0.15, -0.1) is 0 Å². The molecule has 0 aromatic heterocycles. The molecule has 3 fully saturated rings. The quantitative estimate of drug-likeness (QED) is 0.356. The Morgan fingerprint density at radius 1 is 0.650 bits per heavy atom. The maximum Gasteiger partial charge on any atom is 0.241 e. The van der Waals surface area contributed by atoms with Gasteiger partial charge in [0.25, 0.3) is 0 Å². The van der Waals surface area contributed by atoms with Gasteiger partial charge >= 0.3 is 0 Å². The number of hydrogen-bond donors (Lipinski definition) is 0. The van der Waals surface area contributed by atoms with E-state index in [1.54, 1.807) is 24.3 Å². The van der Waals surface area contributed by atoms with Crippen molar-refractivity contribution in [3.05, 3.63) is 107 Å². The number of hydrogen-bond acceptors (Lipinski definition) is 4. The van der Waals surface area contributed by atoms with Crippen LogP contribution in [-0.2, 0) is 19.2 Å². The fraction of sp³-hybridized carbons (Fsp3) is 0.294. The monoisotopic (exact) mass is 526 g/mol. The average molecular weight is 527 g/mol. The first-order valence-corrected chi connectivity index (χ1v) is 14.1. The largest absolute Gasteiger partial charge is 0.274 e. The minimum absolute atomic E-state index is 0.0655. The summed E-state index contributed by atoms with van der Waals surface area (Å²) in [5.74, 6) is -2.34. The molecular weight excluding hydrogens is 500 g/mol. The predicted octanol–water partition coefficient (Wildman–Crippen LogP) is 4.78. The number of imide groups is 2. The molecule has 196 valence electrons. The lowest BCUT2D eigenvalue weighted by Crippen LogP contribution is -2.41. The zero-order chi connectivity index (χ0) is 27.1. The summed E-state index contributed by atoms with van der Waals surface area (Å²) in [4.78, 5) is 58.3. The molecule has 3 aromatic carbocycles. The third kappa shape index (κ3) is 2.39. The number of amides is 4. The Kier molecular flexibility index (Phi) is 4.07. The van der Waals surface area contributed by atoms with E-state index in [0.29, 0.717) is 11.4 Å². The highest BCUT2D eigenvalue weighted by Crippen LogP contribution is 2.62. The van der Waals surface area contributed by atoms with Crippen molar-refractivity contribution in [1.29, 1.82) is 0 Å². The van der Waals surface area contributed by atoms with Crippen molar-refractivity contribution in [1.82, 2.24) is 0 Å². The topological polar surface area (TPSA) is 74.8 Å². The maximum atomic E-state index is 14.2. The predicted molar refractivity (Wildman–Crippen MR) is 147 cm³/mol. The molecule has 3 aromatic rings. The van der Waals surface area contributed by atoms with Gasteiger partial charge in [-0.25, -0.2) is 9.80 Å². The van der Waals surface area contributed by atoms with E-state index in [9.17, 15) is 19.2 Å². The van der Waals surface area contributed by atoms with Gasteiger partial charge in [0.2, 0.25) is 23.6 Å². The first-order valence-electron chi connectivity index (χ1n) is 14.1. The van der Waals surface area contributed by atoms with Crippen LogP contribution in [0.15, 0.2) is 84.9 Å². The van der Waals surface area contributed by atoms with Crippen LogP contribution in [0.3, 0.4) is 0 Å². The van der Waals surface area contributed by atoms with Crippen LogP contribution < -0.4 is 9.80 Å². The Hall–Kier alpha value is -4.32. The van der Waals surface area contributed by atoms with Gasteiger partial charge in [0, 0.05) is 11.8 Å². The van der Waals surface area contributed by atoms with Crippen LogP contribution >= 0.6 is 0 Å². The normalized spacial score (nSPS) is 35.9. The standard InChI is InChI=1S/C34H26N2O4/c1-34-18-14-13-17(15-18)29(34)32(39)36(33(34)40)20-8-6-7-19(16-20)35-30(37)27-25-21-9-2-3-10-22(21)26(28(27)31(35)38)24-12-5-4-11-23(24)25/h2-14,16-18,25-29H,15H2,1H3/t17-,18+,25?,26?,27-,28+,29+,34+/m0/s1. The summed E-state index contributed by atoms with van der Waals surface area (Å²) < 4.78 is 0. The van der Waals surface area contributed by atoms with E-state index in [1.807, 2.05) is 31.2 Å². The molecule has 5 aliphatic carbocycles. The molecule has 2 heterocycles. The lowest BCUT2D eigenvalue weighted by molar-refractivity contribution is -0.127. The second-order valence-corrected chi connectivity index (χ2v) is 12.4. The average Bonchev–Trinajstić information content (AvgIpc) is 3.69. The summed E-state index contributed by atoms with van der Waals surface area (Å²) in [5.41, 5.74) is 4.60. The molecule has 0 spiro atoms. The third-order valence-corrected chi connectivity index (χ3v) is 10.9. The fourth-order valence-electron chi connectivity index (χ4n) is 9.25. The maximum absolute atomic E-state index is 14.2. The van der Waals surface area contributed by atoms with Gasteiger partial charge in [-0.1, -0.05) is 66.7 Å². The van der Waals surface area contributed by atoms with Gasteiger partial charge in [0.05, 0.1) is 34.5 Å². The summed E-state index contributed by atoms with van der Waals surface area (Å²) >= 11 is 0. The number of anilines is 2. The summed E-state index contributed by atoms with van der Waals surface area (Å²) in [7, 11) is 0. The fourth-order valence-corrected chi connectivity index (χ4v) is 9.25. The van der Waals surface area contributed by atoms with E-state index in [-0.39, 0.29) is 53.2 Å². The van der Waals surface area contributed by atoms with Crippen molar-refractivity contribution in [3.8, 4) is 0 Å². The molecule has 6 nitrogen and oxygen atoms in total. The Morgan fingerprint density at radius 3 is 1.70 bits per heavy atom. The molecule has 0 N–H and O–H groups in total. The zero-order valence-electron chi connectivity index (χ0n) is 21.9. The SMILES string of the molecule is C[C@]12C(=O)N(c3cccc(N4C(=O)[C@@H]5C6c7ccccc7C(c7ccccc76)[C@@H]5C4=O)c3)C(=O)[C@H]1[C@H]1C=C[C@@H]2C1. The van der Waals surface area contributed by atoms with Crippen LogP contribution in [0.2, 0.25) is 0 Å². The number of carbonyl (C=O) groups is 4. The molecule has 6 atom stereocenters. The van der Waals surface area contributed by atoms with Crippen LogP contribution in [0, 0.1) is 35.0 Å². The van der Waals surface area contributed by atoms with Gasteiger partial charge in [0.1, 0.15) is 0 Å². The minimum Gasteiger partial charge on any atom is -0.274 e. The Bertz CT molecular complexity index is 1640. The van der Waals surface area contributed by atoms with Crippen molar-refractivity contribution in [2.75, 3.05) is 9.80 Å². The van der Waals surface area contributed by atoms with Crippen molar-refractivity contribution in [2.24, 2.45) is 35.0 Å². The first kappa shape index (κ1) is 22.5. The van der Waals surface area contributed by atoms with Gasteiger partial charge in [-0.3, -0.25) is 19.2 Å². The molecule has 2 saturated heterocycles. The molecule has 0 unspecified atom stereocenters. The summed E-state index contributed by atoms with van der Waals surface area (Å²) in [5, 5.41) is 0. The molecular formula is C34H26N2O4. The number of benzene rings is 3. The smallest absolute Gasteiger partial charge is 0.241 e. The molecule has 6 heteroatoms. The number of rotatable bonds is 2. The number of carbonyl (C=O) groups excluding carboxylic acids is 4. The van der Waals surface area contributed by atoms with Gasteiger partial charge < -0.3 is 0 Å². The van der Waals surface area contributed by atoms with E-state index in [1.165, 1.54) is 9.80 Å². The van der Waals surface area contributed by atoms with Crippen molar-refractivity contribution in [2.45, 2.75) is 25.2 Å². The molecule has 4 bridgehead atoms.